The lowest BCUT2D eigenvalue weighted by Gasteiger charge is -2.34. The highest BCUT2D eigenvalue weighted by molar-refractivity contribution is 7.49. The van der Waals surface area contributed by atoms with Crippen molar-refractivity contribution in [2.75, 3.05) is 6.61 Å². The van der Waals surface area contributed by atoms with Gasteiger partial charge in [0.2, 0.25) is 5.79 Å². The number of H-pyrrole nitrogens is 1. The normalized spacial score (nSPS) is 24.9. The molecular formula is C27H27N2O9P. The number of hydrogen-bond donors (Lipinski definition) is 1. The standard InChI is InChI=1S/C27H27N2O9P/c1-16-12-29(26(31)28-25(16)30)22-11-10-19(36-22)15-35-39(32)34-14-18-7-5-9-21(24(18)38-39)20-8-4-6-17-13-33-27(2,3)37-23(17)20/h4-12,19,22H,13-15H2,1-3H3,(H,28,30,31)/t19-,22+,39-/m0/s1. The number of phosphoric ester groups is 1. The predicted octanol–water partition coefficient (Wildman–Crippen LogP) is 4.34. The van der Waals surface area contributed by atoms with E-state index in [9.17, 15) is 14.2 Å². The highest BCUT2D eigenvalue weighted by Gasteiger charge is 2.38. The van der Waals surface area contributed by atoms with Crippen molar-refractivity contribution in [2.24, 2.45) is 0 Å². The molecule has 1 N–H and O–H groups in total. The highest BCUT2D eigenvalue weighted by Crippen LogP contribution is 2.57. The molecule has 3 aromatic rings. The molecule has 0 amide bonds. The Morgan fingerprint density at radius 1 is 1.05 bits per heavy atom. The Balaban J connectivity index is 1.20. The first-order chi connectivity index (χ1) is 18.6. The third-order valence-corrected chi connectivity index (χ3v) is 7.93. The van der Waals surface area contributed by atoms with Gasteiger partial charge in [0.25, 0.3) is 5.56 Å². The first-order valence-corrected chi connectivity index (χ1v) is 13.9. The van der Waals surface area contributed by atoms with Crippen LogP contribution in [0.1, 0.15) is 36.8 Å². The molecule has 1 aromatic heterocycles. The van der Waals surface area contributed by atoms with Crippen LogP contribution in [0.15, 0.2) is 64.3 Å². The van der Waals surface area contributed by atoms with Crippen molar-refractivity contribution in [1.82, 2.24) is 9.55 Å². The number of benzene rings is 2. The zero-order valence-corrected chi connectivity index (χ0v) is 22.4. The molecule has 0 saturated heterocycles. The zero-order valence-electron chi connectivity index (χ0n) is 21.5. The summed E-state index contributed by atoms with van der Waals surface area (Å²) in [7, 11) is -4.01. The second kappa shape index (κ2) is 9.62. The maximum atomic E-state index is 13.5. The average molecular weight is 554 g/mol. The van der Waals surface area contributed by atoms with Crippen molar-refractivity contribution in [3.05, 3.63) is 92.3 Å². The number of ether oxygens (including phenoxy) is 3. The highest BCUT2D eigenvalue weighted by atomic mass is 31.2. The zero-order chi connectivity index (χ0) is 27.4. The Hall–Kier alpha value is -3.47. The van der Waals surface area contributed by atoms with E-state index in [1.54, 1.807) is 19.1 Å². The smallest absolute Gasteiger partial charge is 0.462 e. The van der Waals surface area contributed by atoms with Gasteiger partial charge in [-0.1, -0.05) is 42.5 Å². The molecule has 0 spiro atoms. The molecule has 2 aromatic carbocycles. The molecule has 204 valence electrons. The molecule has 3 atom stereocenters. The fourth-order valence-corrected chi connectivity index (χ4v) is 5.85. The van der Waals surface area contributed by atoms with E-state index >= 15 is 0 Å². The first-order valence-electron chi connectivity index (χ1n) is 12.4. The molecule has 0 unspecified atom stereocenters. The van der Waals surface area contributed by atoms with Crippen LogP contribution < -0.4 is 20.5 Å². The number of phosphoric acid groups is 1. The molecule has 0 fully saturated rings. The second-order valence-corrected chi connectivity index (χ2v) is 11.5. The number of para-hydroxylation sites is 2. The summed E-state index contributed by atoms with van der Waals surface area (Å²) >= 11 is 0. The van der Waals surface area contributed by atoms with E-state index in [2.05, 4.69) is 4.98 Å². The molecule has 3 aliphatic rings. The maximum Gasteiger partial charge on any atom is 0.530 e. The predicted molar refractivity (Wildman–Crippen MR) is 139 cm³/mol. The fourth-order valence-electron chi connectivity index (χ4n) is 4.61. The van der Waals surface area contributed by atoms with Crippen molar-refractivity contribution in [3.63, 3.8) is 0 Å². The van der Waals surface area contributed by atoms with Crippen molar-refractivity contribution in [2.45, 2.75) is 52.1 Å². The number of rotatable bonds is 5. The summed E-state index contributed by atoms with van der Waals surface area (Å²) in [6, 6.07) is 11.3. The van der Waals surface area contributed by atoms with Crippen LogP contribution >= 0.6 is 7.82 Å². The summed E-state index contributed by atoms with van der Waals surface area (Å²) < 4.78 is 49.7. The van der Waals surface area contributed by atoms with Crippen LogP contribution in [-0.4, -0.2) is 28.0 Å². The summed E-state index contributed by atoms with van der Waals surface area (Å²) in [5.41, 5.74) is 2.40. The van der Waals surface area contributed by atoms with Crippen molar-refractivity contribution < 1.29 is 32.3 Å². The largest absolute Gasteiger partial charge is 0.530 e. The molecule has 3 aliphatic heterocycles. The van der Waals surface area contributed by atoms with E-state index in [0.29, 0.717) is 29.2 Å². The number of aromatic amines is 1. The molecular weight excluding hydrogens is 527 g/mol. The number of nitrogens with one attached hydrogen (secondary N) is 1. The monoisotopic (exact) mass is 554 g/mol. The van der Waals surface area contributed by atoms with Crippen molar-refractivity contribution >= 4 is 7.82 Å². The van der Waals surface area contributed by atoms with Gasteiger partial charge < -0.3 is 18.7 Å². The third-order valence-electron chi connectivity index (χ3n) is 6.61. The molecule has 0 bridgehead atoms. The van der Waals surface area contributed by atoms with Crippen LogP contribution in [-0.2, 0) is 36.3 Å². The van der Waals surface area contributed by atoms with E-state index in [-0.39, 0.29) is 13.2 Å². The minimum Gasteiger partial charge on any atom is -0.462 e. The van der Waals surface area contributed by atoms with Gasteiger partial charge in [-0.3, -0.25) is 23.4 Å². The maximum absolute atomic E-state index is 13.5. The first kappa shape index (κ1) is 25.8. The van der Waals surface area contributed by atoms with E-state index in [1.165, 1.54) is 10.8 Å². The van der Waals surface area contributed by atoms with Gasteiger partial charge in [0, 0.05) is 47.9 Å². The number of aryl methyl sites for hydroxylation is 1. The quantitative estimate of drug-likeness (QED) is 0.362. The lowest BCUT2D eigenvalue weighted by Crippen LogP contribution is -2.35. The lowest BCUT2D eigenvalue weighted by atomic mass is 9.98. The van der Waals surface area contributed by atoms with Gasteiger partial charge in [-0.05, 0) is 13.0 Å². The minimum absolute atomic E-state index is 0.0287. The van der Waals surface area contributed by atoms with E-state index in [4.69, 9.17) is 27.8 Å². The Labute approximate surface area is 223 Å². The van der Waals surface area contributed by atoms with E-state index in [1.807, 2.05) is 50.2 Å². The van der Waals surface area contributed by atoms with Gasteiger partial charge in [0.1, 0.15) is 17.6 Å². The Morgan fingerprint density at radius 3 is 2.54 bits per heavy atom. The van der Waals surface area contributed by atoms with E-state index < -0.39 is 37.2 Å². The Morgan fingerprint density at radius 2 is 1.77 bits per heavy atom. The molecule has 11 nitrogen and oxygen atoms in total. The molecule has 6 rings (SSSR count). The Bertz CT molecular complexity index is 1640. The summed E-state index contributed by atoms with van der Waals surface area (Å²) in [5.74, 6) is 0.270. The number of aromatic nitrogens is 2. The van der Waals surface area contributed by atoms with Gasteiger partial charge in [-0.15, -0.1) is 0 Å². The van der Waals surface area contributed by atoms with Crippen LogP contribution in [0, 0.1) is 6.92 Å². The van der Waals surface area contributed by atoms with Crippen molar-refractivity contribution in [1.29, 1.82) is 0 Å². The molecule has 0 saturated carbocycles. The van der Waals surface area contributed by atoms with Gasteiger partial charge in [0.05, 0.1) is 19.8 Å². The van der Waals surface area contributed by atoms with Crippen LogP contribution in [0.4, 0.5) is 0 Å². The van der Waals surface area contributed by atoms with Crippen LogP contribution in [0.5, 0.6) is 11.5 Å². The van der Waals surface area contributed by atoms with Crippen LogP contribution in [0.25, 0.3) is 11.1 Å². The van der Waals surface area contributed by atoms with Crippen molar-refractivity contribution in [3.8, 4) is 22.6 Å². The van der Waals surface area contributed by atoms with Gasteiger partial charge in [-0.25, -0.2) is 9.36 Å². The molecule has 0 radical (unpaired) electrons. The van der Waals surface area contributed by atoms with Gasteiger partial charge in [-0.2, -0.15) is 0 Å². The summed E-state index contributed by atoms with van der Waals surface area (Å²) in [6.07, 6.45) is 3.39. The summed E-state index contributed by atoms with van der Waals surface area (Å²) in [6.45, 7) is 5.57. The van der Waals surface area contributed by atoms with Gasteiger partial charge >= 0.3 is 13.5 Å². The summed E-state index contributed by atoms with van der Waals surface area (Å²) in [5, 5.41) is 0. The molecule has 0 aliphatic carbocycles. The van der Waals surface area contributed by atoms with E-state index in [0.717, 1.165) is 16.7 Å². The molecule has 4 heterocycles. The second-order valence-electron chi connectivity index (χ2n) is 9.91. The van der Waals surface area contributed by atoms with Crippen LogP contribution in [0.3, 0.4) is 0 Å². The number of fused-ring (bicyclic) bond motifs is 2. The van der Waals surface area contributed by atoms with Gasteiger partial charge in [0.15, 0.2) is 6.23 Å². The number of hydrogen-bond acceptors (Lipinski definition) is 9. The average Bonchev–Trinajstić information content (AvgIpc) is 3.37. The molecule has 12 heteroatoms. The fraction of sp³-hybridized carbons (Fsp3) is 0.333. The topological polar surface area (TPSA) is 127 Å². The lowest BCUT2D eigenvalue weighted by molar-refractivity contribution is -0.179. The Kier molecular flexibility index (Phi) is 6.36. The van der Waals surface area contributed by atoms with Crippen LogP contribution in [0.2, 0.25) is 0 Å². The number of nitrogens with zero attached hydrogens (tertiary/aromatic N) is 1. The SMILES string of the molecule is Cc1cn([C@H]2C=C[C@@H](CO[P@]3(=O)OCc4cccc(-c5cccc6c5OC(C)(C)OC6)c4O3)O2)c(=O)[nH]c1=O. The summed E-state index contributed by atoms with van der Waals surface area (Å²) in [4.78, 5) is 26.1. The third kappa shape index (κ3) is 4.99. The molecule has 39 heavy (non-hydrogen) atoms. The minimum atomic E-state index is -4.01.